The van der Waals surface area contributed by atoms with Gasteiger partial charge in [0, 0.05) is 37.7 Å². The van der Waals surface area contributed by atoms with Gasteiger partial charge < -0.3 is 19.9 Å². The quantitative estimate of drug-likeness (QED) is 0.304. The lowest BCUT2D eigenvalue weighted by atomic mass is 10.1. The minimum absolute atomic E-state index is 0. The minimum atomic E-state index is -1.24. The largest absolute Gasteiger partial charge is 0.478 e. The van der Waals surface area contributed by atoms with E-state index in [9.17, 15) is 9.18 Å². The Balaban J connectivity index is 0.00000200. The fraction of sp³-hybridized carbons (Fsp3) is 0.320. The van der Waals surface area contributed by atoms with E-state index < -0.39 is 17.6 Å². The van der Waals surface area contributed by atoms with E-state index in [1.165, 1.54) is 24.7 Å². The number of carbonyl (C=O) groups is 1. The summed E-state index contributed by atoms with van der Waals surface area (Å²) in [6.45, 7) is 5.62. The fourth-order valence-corrected chi connectivity index (χ4v) is 4.43. The van der Waals surface area contributed by atoms with Crippen LogP contribution in [0.5, 0.6) is 0 Å². The van der Waals surface area contributed by atoms with Gasteiger partial charge >= 0.3 is 5.97 Å². The molecule has 0 unspecified atom stereocenters. The number of carboxylic acids is 1. The van der Waals surface area contributed by atoms with Crippen LogP contribution in [0.4, 0.5) is 26.2 Å². The highest BCUT2D eigenvalue weighted by Gasteiger charge is 2.26. The lowest BCUT2D eigenvalue weighted by molar-refractivity contribution is 0.0696. The van der Waals surface area contributed by atoms with Crippen LogP contribution in [0.25, 0.3) is 11.0 Å². The van der Waals surface area contributed by atoms with Gasteiger partial charge in [0.2, 0.25) is 5.95 Å². The summed E-state index contributed by atoms with van der Waals surface area (Å²) in [7, 11) is 0. The molecule has 1 aliphatic heterocycles. The molecule has 202 valence electrons. The second-order valence-corrected chi connectivity index (χ2v) is 9.12. The van der Waals surface area contributed by atoms with E-state index in [0.29, 0.717) is 30.6 Å². The first-order valence-corrected chi connectivity index (χ1v) is 11.7. The molecule has 0 atom stereocenters. The Morgan fingerprint density at radius 1 is 1.05 bits per heavy atom. The second kappa shape index (κ2) is 11.9. The Hall–Kier alpha value is -3.57. The molecule has 2 N–H and O–H groups in total. The van der Waals surface area contributed by atoms with Gasteiger partial charge in [-0.3, -0.25) is 0 Å². The molecule has 3 aromatic heterocycles. The molecule has 9 nitrogen and oxygen atoms in total. The average Bonchev–Trinajstić information content (AvgIpc) is 3.22. The summed E-state index contributed by atoms with van der Waals surface area (Å²) in [6, 6.07) is 3.46. The number of hydrogen-bond acceptors (Lipinski definition) is 7. The number of hydrogen-bond donors (Lipinski definition) is 2. The molecule has 4 aromatic rings. The lowest BCUT2D eigenvalue weighted by Gasteiger charge is -2.32. The van der Waals surface area contributed by atoms with Crippen LogP contribution < -0.4 is 10.2 Å². The van der Waals surface area contributed by atoms with E-state index in [1.54, 1.807) is 0 Å². The predicted octanol–water partition coefficient (Wildman–Crippen LogP) is 5.75. The van der Waals surface area contributed by atoms with Crippen LogP contribution >= 0.6 is 24.8 Å². The van der Waals surface area contributed by atoms with Crippen molar-refractivity contribution < 1.29 is 18.7 Å². The van der Waals surface area contributed by atoms with Crippen molar-refractivity contribution in [2.45, 2.75) is 38.6 Å². The number of nitrogens with one attached hydrogen (secondary N) is 1. The number of piperidine rings is 1. The van der Waals surface area contributed by atoms with Crippen LogP contribution in [-0.2, 0) is 0 Å². The summed E-state index contributed by atoms with van der Waals surface area (Å²) in [5, 5.41) is 12.0. The first kappa shape index (κ1) is 29.0. The highest BCUT2D eigenvalue weighted by atomic mass is 35.5. The molecular weight excluding hydrogens is 539 g/mol. The number of halogens is 4. The van der Waals surface area contributed by atoms with Gasteiger partial charge in [-0.05, 0) is 42.5 Å². The van der Waals surface area contributed by atoms with E-state index in [2.05, 4.69) is 44.0 Å². The van der Waals surface area contributed by atoms with Gasteiger partial charge in [-0.2, -0.15) is 0 Å². The third-order valence-corrected chi connectivity index (χ3v) is 6.50. The van der Waals surface area contributed by atoms with E-state index in [1.807, 2.05) is 17.0 Å². The number of anilines is 3. The number of nitrogens with zero attached hydrogens (tertiary/aromatic N) is 6. The lowest BCUT2D eigenvalue weighted by Crippen LogP contribution is -2.35. The highest BCUT2D eigenvalue weighted by Crippen LogP contribution is 2.33. The monoisotopic (exact) mass is 565 g/mol. The smallest absolute Gasteiger partial charge is 0.335 e. The van der Waals surface area contributed by atoms with Crippen LogP contribution in [0.1, 0.15) is 54.6 Å². The van der Waals surface area contributed by atoms with Gasteiger partial charge in [-0.15, -0.1) is 24.8 Å². The maximum atomic E-state index is 15.1. The zero-order chi connectivity index (χ0) is 25.4. The van der Waals surface area contributed by atoms with Crippen molar-refractivity contribution in [3.8, 4) is 0 Å². The Kier molecular flexibility index (Phi) is 9.05. The summed E-state index contributed by atoms with van der Waals surface area (Å²) in [5.74, 6) is -1.38. The highest BCUT2D eigenvalue weighted by molar-refractivity contribution is 5.91. The van der Waals surface area contributed by atoms with Gasteiger partial charge in [-0.25, -0.2) is 33.5 Å². The first-order chi connectivity index (χ1) is 17.3. The maximum absolute atomic E-state index is 15.1. The van der Waals surface area contributed by atoms with Gasteiger partial charge in [0.25, 0.3) is 0 Å². The predicted molar refractivity (Wildman–Crippen MR) is 145 cm³/mol. The normalized spacial score (nSPS) is 13.8. The molecule has 5 rings (SSSR count). The molecule has 0 amide bonds. The molecule has 4 heterocycles. The van der Waals surface area contributed by atoms with Gasteiger partial charge in [0.05, 0.1) is 16.6 Å². The molecule has 1 fully saturated rings. The van der Waals surface area contributed by atoms with E-state index in [4.69, 9.17) is 5.11 Å². The summed E-state index contributed by atoms with van der Waals surface area (Å²) in [5.41, 5.74) is 1.30. The van der Waals surface area contributed by atoms with E-state index in [0.717, 1.165) is 24.5 Å². The average molecular weight is 566 g/mol. The van der Waals surface area contributed by atoms with E-state index in [-0.39, 0.29) is 53.3 Å². The van der Waals surface area contributed by atoms with Crippen molar-refractivity contribution in [2.75, 3.05) is 23.3 Å². The molecule has 1 saturated heterocycles. The Morgan fingerprint density at radius 2 is 1.74 bits per heavy atom. The summed E-state index contributed by atoms with van der Waals surface area (Å²) in [4.78, 5) is 30.6. The molecule has 0 aliphatic carbocycles. The summed E-state index contributed by atoms with van der Waals surface area (Å²) < 4.78 is 31.4. The second-order valence-electron chi connectivity index (χ2n) is 9.12. The fourth-order valence-electron chi connectivity index (χ4n) is 4.43. The minimum Gasteiger partial charge on any atom is -0.478 e. The Labute approximate surface area is 230 Å². The van der Waals surface area contributed by atoms with Crippen LogP contribution in [0.15, 0.2) is 43.1 Å². The summed E-state index contributed by atoms with van der Waals surface area (Å²) >= 11 is 0. The van der Waals surface area contributed by atoms with Crippen molar-refractivity contribution in [2.24, 2.45) is 0 Å². The van der Waals surface area contributed by atoms with Crippen molar-refractivity contribution in [3.05, 3.63) is 65.9 Å². The van der Waals surface area contributed by atoms with Crippen molar-refractivity contribution in [3.63, 3.8) is 0 Å². The molecule has 1 aliphatic rings. The molecule has 13 heteroatoms. The molecule has 0 saturated carbocycles. The van der Waals surface area contributed by atoms with E-state index >= 15 is 4.39 Å². The zero-order valence-corrected chi connectivity index (χ0v) is 22.3. The standard InChI is InChI=1S/C25H25F2N7O2.2ClH/c1-14(2)16-10-28-25(29-11-16)33-7-5-17(6-8-33)34-12-19(27)21-22(30-13-31-23(21)34)32-20-4-3-15(24(35)36)9-18(20)26;;/h3-4,9-14,17H,5-8H2,1-2H3,(H,35,36)(H,30,31,32);2*1H. The van der Waals surface area contributed by atoms with Crippen LogP contribution in [-0.4, -0.2) is 48.7 Å². The molecule has 1 aromatic carbocycles. The molecule has 0 spiro atoms. The summed E-state index contributed by atoms with van der Waals surface area (Å²) in [6.07, 6.45) is 7.91. The molecule has 38 heavy (non-hydrogen) atoms. The molecular formula is C25H27Cl2F2N7O2. The van der Waals surface area contributed by atoms with Crippen LogP contribution in [0.2, 0.25) is 0 Å². The van der Waals surface area contributed by atoms with Crippen LogP contribution in [0.3, 0.4) is 0 Å². The van der Waals surface area contributed by atoms with Crippen molar-refractivity contribution in [1.82, 2.24) is 24.5 Å². The number of aromatic nitrogens is 5. The SMILES string of the molecule is CC(C)c1cnc(N2CCC(n3cc(F)c4c(Nc5ccc(C(=O)O)cc5F)ncnc43)CC2)nc1.Cl.Cl. The van der Waals surface area contributed by atoms with Crippen molar-refractivity contribution in [1.29, 1.82) is 0 Å². The van der Waals surface area contributed by atoms with Crippen molar-refractivity contribution >= 4 is 59.3 Å². The number of benzene rings is 1. The topological polar surface area (TPSA) is 109 Å². The van der Waals surface area contributed by atoms with Gasteiger partial charge in [0.15, 0.2) is 5.82 Å². The maximum Gasteiger partial charge on any atom is 0.335 e. The number of carboxylic acid groups (broad SMARTS) is 1. The van der Waals surface area contributed by atoms with Crippen LogP contribution in [0, 0.1) is 11.6 Å². The zero-order valence-electron chi connectivity index (χ0n) is 20.6. The molecule has 0 bridgehead atoms. The van der Waals surface area contributed by atoms with Gasteiger partial charge in [0.1, 0.15) is 23.6 Å². The Morgan fingerprint density at radius 3 is 2.34 bits per heavy atom. The third-order valence-electron chi connectivity index (χ3n) is 6.50. The first-order valence-electron chi connectivity index (χ1n) is 11.7. The number of aromatic carboxylic acids is 1. The van der Waals surface area contributed by atoms with Gasteiger partial charge in [-0.1, -0.05) is 13.8 Å². The molecule has 0 radical (unpaired) electrons. The Bertz CT molecular complexity index is 1430. The number of rotatable bonds is 6. The number of fused-ring (bicyclic) bond motifs is 1. The third kappa shape index (κ3) is 5.63.